The molecule has 0 radical (unpaired) electrons. The first kappa shape index (κ1) is 20.2. The summed E-state index contributed by atoms with van der Waals surface area (Å²) in [6, 6.07) is 5.46. The van der Waals surface area contributed by atoms with Crippen LogP contribution in [0.5, 0.6) is 0 Å². The highest BCUT2D eigenvalue weighted by Gasteiger charge is 2.34. The maximum Gasteiger partial charge on any atom is 0.252 e. The van der Waals surface area contributed by atoms with Crippen LogP contribution in [0.3, 0.4) is 0 Å². The molecule has 4 rings (SSSR count). The van der Waals surface area contributed by atoms with Crippen LogP contribution in [0.1, 0.15) is 23.6 Å². The lowest BCUT2D eigenvalue weighted by molar-refractivity contribution is -0.126. The number of aromatic nitrogens is 2. The zero-order valence-electron chi connectivity index (χ0n) is 15.7. The van der Waals surface area contributed by atoms with Gasteiger partial charge in [0.05, 0.1) is 12.5 Å². The second kappa shape index (κ2) is 8.34. The molecule has 0 bridgehead atoms. The van der Waals surface area contributed by atoms with Gasteiger partial charge in [0.25, 0.3) is 10.0 Å². The summed E-state index contributed by atoms with van der Waals surface area (Å²) in [5.74, 6) is 0.331. The van der Waals surface area contributed by atoms with Gasteiger partial charge in [-0.3, -0.25) is 4.79 Å². The molecule has 1 amide bonds. The Kier molecular flexibility index (Phi) is 5.81. The van der Waals surface area contributed by atoms with Crippen LogP contribution in [-0.4, -0.2) is 41.9 Å². The van der Waals surface area contributed by atoms with Crippen molar-refractivity contribution in [3.05, 3.63) is 39.7 Å². The van der Waals surface area contributed by atoms with E-state index in [1.54, 1.807) is 29.7 Å². The third-order valence-electron chi connectivity index (χ3n) is 4.73. The van der Waals surface area contributed by atoms with Crippen molar-refractivity contribution in [1.29, 1.82) is 0 Å². The predicted octanol–water partition coefficient (Wildman–Crippen LogP) is 2.89. The van der Waals surface area contributed by atoms with Crippen LogP contribution in [0.4, 0.5) is 0 Å². The second-order valence-corrected chi connectivity index (χ2v) is 10.9. The average molecular weight is 453 g/mol. The molecule has 154 valence electrons. The quantitative estimate of drug-likeness (QED) is 0.617. The number of sulfonamides is 1. The molecule has 0 spiro atoms. The van der Waals surface area contributed by atoms with Crippen molar-refractivity contribution in [3.8, 4) is 11.4 Å². The number of thiophene rings is 2. The fourth-order valence-corrected chi connectivity index (χ4v) is 6.70. The van der Waals surface area contributed by atoms with E-state index >= 15 is 0 Å². The molecule has 4 heterocycles. The zero-order valence-corrected chi connectivity index (χ0v) is 18.1. The van der Waals surface area contributed by atoms with Gasteiger partial charge in [0.15, 0.2) is 0 Å². The predicted molar refractivity (Wildman–Crippen MR) is 110 cm³/mol. The van der Waals surface area contributed by atoms with Gasteiger partial charge in [0, 0.05) is 35.8 Å². The summed E-state index contributed by atoms with van der Waals surface area (Å²) in [5.41, 5.74) is 0.604. The van der Waals surface area contributed by atoms with E-state index in [0.29, 0.717) is 43.2 Å². The van der Waals surface area contributed by atoms with Gasteiger partial charge < -0.3 is 9.84 Å². The van der Waals surface area contributed by atoms with Crippen LogP contribution in [0.2, 0.25) is 0 Å². The van der Waals surface area contributed by atoms with Gasteiger partial charge in [0.2, 0.25) is 17.6 Å². The van der Waals surface area contributed by atoms with Gasteiger partial charge in [-0.05, 0) is 30.4 Å². The average Bonchev–Trinajstić information content (AvgIpc) is 3.47. The lowest BCUT2D eigenvalue weighted by Crippen LogP contribution is -2.45. The Hall–Kier alpha value is -2.08. The highest BCUT2D eigenvalue weighted by atomic mass is 32.2. The Morgan fingerprint density at radius 1 is 1.41 bits per heavy atom. The van der Waals surface area contributed by atoms with E-state index < -0.39 is 10.0 Å². The molecule has 0 saturated carbocycles. The number of nitrogens with one attached hydrogen (secondary N) is 1. The maximum absolute atomic E-state index is 13.1. The van der Waals surface area contributed by atoms with Gasteiger partial charge in [-0.25, -0.2) is 8.42 Å². The van der Waals surface area contributed by atoms with Gasteiger partial charge >= 0.3 is 0 Å². The van der Waals surface area contributed by atoms with Gasteiger partial charge in [-0.15, -0.1) is 22.7 Å². The smallest absolute Gasteiger partial charge is 0.252 e. The van der Waals surface area contributed by atoms with Crippen molar-refractivity contribution in [1.82, 2.24) is 19.8 Å². The van der Waals surface area contributed by atoms with E-state index in [0.717, 1.165) is 16.2 Å². The van der Waals surface area contributed by atoms with E-state index in [-0.39, 0.29) is 22.6 Å². The zero-order chi connectivity index (χ0) is 20.4. The summed E-state index contributed by atoms with van der Waals surface area (Å²) in [7, 11) is -3.68. The molecule has 1 N–H and O–H groups in total. The van der Waals surface area contributed by atoms with Crippen LogP contribution in [0.25, 0.3) is 11.4 Å². The number of hydrogen-bond acceptors (Lipinski definition) is 8. The van der Waals surface area contributed by atoms with Crippen LogP contribution in [0, 0.1) is 12.8 Å². The minimum atomic E-state index is -3.68. The third-order valence-corrected chi connectivity index (χ3v) is 8.88. The highest BCUT2D eigenvalue weighted by Crippen LogP contribution is 2.31. The summed E-state index contributed by atoms with van der Waals surface area (Å²) in [5, 5.41) is 10.4. The van der Waals surface area contributed by atoms with Crippen molar-refractivity contribution in [2.75, 3.05) is 13.1 Å². The number of nitrogens with zero attached hydrogens (tertiary/aromatic N) is 3. The summed E-state index contributed by atoms with van der Waals surface area (Å²) in [4.78, 5) is 17.7. The lowest BCUT2D eigenvalue weighted by atomic mass is 9.99. The number of carbonyl (C=O) groups excluding carboxylic acids is 1. The molecule has 8 nitrogen and oxygen atoms in total. The fraction of sp³-hybridized carbons (Fsp3) is 0.389. The fourth-order valence-electron chi connectivity index (χ4n) is 3.22. The van der Waals surface area contributed by atoms with Crippen molar-refractivity contribution < 1.29 is 17.7 Å². The first-order valence-electron chi connectivity index (χ1n) is 9.13. The molecule has 1 atom stereocenters. The molecule has 3 aromatic rings. The molecule has 1 saturated heterocycles. The Bertz CT molecular complexity index is 1090. The molecular formula is C18H20N4O4S3. The topological polar surface area (TPSA) is 105 Å². The molecule has 3 aromatic heterocycles. The molecule has 0 aliphatic carbocycles. The number of piperidine rings is 1. The summed E-state index contributed by atoms with van der Waals surface area (Å²) < 4.78 is 32.8. The third kappa shape index (κ3) is 4.42. The Balaban J connectivity index is 1.44. The van der Waals surface area contributed by atoms with E-state index in [4.69, 9.17) is 4.52 Å². The number of aryl methyl sites for hydroxylation is 1. The summed E-state index contributed by atoms with van der Waals surface area (Å²) in [6.45, 7) is 2.74. The molecule has 1 fully saturated rings. The summed E-state index contributed by atoms with van der Waals surface area (Å²) >= 11 is 2.70. The summed E-state index contributed by atoms with van der Waals surface area (Å²) in [6.07, 6.45) is 1.33. The molecule has 11 heteroatoms. The highest BCUT2D eigenvalue weighted by molar-refractivity contribution is 7.91. The monoisotopic (exact) mass is 452 g/mol. The molecule has 1 aliphatic rings. The largest absolute Gasteiger partial charge is 0.351 e. The van der Waals surface area contributed by atoms with Gasteiger partial charge in [-0.1, -0.05) is 11.2 Å². The second-order valence-electron chi connectivity index (χ2n) is 6.79. The maximum atomic E-state index is 13.1. The number of carbonyl (C=O) groups is 1. The van der Waals surface area contributed by atoms with Gasteiger partial charge in [-0.2, -0.15) is 9.29 Å². The van der Waals surface area contributed by atoms with Crippen LogP contribution >= 0.6 is 22.7 Å². The van der Waals surface area contributed by atoms with E-state index in [9.17, 15) is 13.2 Å². The Labute approximate surface area is 176 Å². The van der Waals surface area contributed by atoms with Crippen molar-refractivity contribution in [3.63, 3.8) is 0 Å². The number of amides is 1. The molecular weight excluding hydrogens is 432 g/mol. The lowest BCUT2D eigenvalue weighted by Gasteiger charge is -2.30. The van der Waals surface area contributed by atoms with Crippen molar-refractivity contribution in [2.24, 2.45) is 5.92 Å². The van der Waals surface area contributed by atoms with Crippen LogP contribution in [0.15, 0.2) is 37.7 Å². The number of rotatable bonds is 6. The minimum absolute atomic E-state index is 0.104. The molecule has 0 aromatic carbocycles. The molecule has 1 unspecified atom stereocenters. The van der Waals surface area contributed by atoms with Crippen LogP contribution < -0.4 is 5.32 Å². The van der Waals surface area contributed by atoms with E-state index in [1.165, 1.54) is 4.31 Å². The van der Waals surface area contributed by atoms with Crippen molar-refractivity contribution in [2.45, 2.75) is 30.5 Å². The van der Waals surface area contributed by atoms with E-state index in [1.807, 2.05) is 17.5 Å². The first-order valence-corrected chi connectivity index (χ1v) is 12.3. The standard InChI is InChI=1S/C18H20N4O4S3/c1-12-20-17(21-26-12)14-8-16(28-11-14)29(24,25)22-6-2-4-13(10-22)18(23)19-9-15-5-3-7-27-15/h3,5,7-8,11,13H,2,4,6,9-10H2,1H3,(H,19,23). The number of hydrogen-bond donors (Lipinski definition) is 1. The van der Waals surface area contributed by atoms with Crippen molar-refractivity contribution >= 4 is 38.6 Å². The van der Waals surface area contributed by atoms with E-state index in [2.05, 4.69) is 15.5 Å². The normalized spacial score (nSPS) is 18.0. The van der Waals surface area contributed by atoms with Gasteiger partial charge in [0.1, 0.15) is 4.21 Å². The molecule has 1 aliphatic heterocycles. The minimum Gasteiger partial charge on any atom is -0.351 e. The first-order chi connectivity index (χ1) is 13.9. The Morgan fingerprint density at radius 2 is 2.28 bits per heavy atom. The SMILES string of the molecule is Cc1nc(-c2csc(S(=O)(=O)N3CCCC(C(=O)NCc4cccs4)C3)c2)no1. The Morgan fingerprint density at radius 3 is 3.00 bits per heavy atom. The molecule has 29 heavy (non-hydrogen) atoms. The van der Waals surface area contributed by atoms with Crippen LogP contribution in [-0.2, 0) is 21.4 Å².